The van der Waals surface area contributed by atoms with Crippen LogP contribution in [0.1, 0.15) is 44.6 Å². The minimum absolute atomic E-state index is 0.0314. The van der Waals surface area contributed by atoms with Crippen LogP contribution in [0.5, 0.6) is 5.75 Å². The van der Waals surface area contributed by atoms with E-state index < -0.39 is 11.6 Å². The predicted octanol–water partition coefficient (Wildman–Crippen LogP) is 8.04. The third kappa shape index (κ3) is 6.00. The molecule has 36 heavy (non-hydrogen) atoms. The number of rotatable bonds is 9. The second-order valence-electron chi connectivity index (χ2n) is 8.84. The first-order valence-electron chi connectivity index (χ1n) is 12.4. The van der Waals surface area contributed by atoms with Crippen LogP contribution < -0.4 is 4.74 Å². The summed E-state index contributed by atoms with van der Waals surface area (Å²) in [5, 5.41) is 0. The molecule has 1 aliphatic heterocycles. The molecule has 1 heterocycles. The van der Waals surface area contributed by atoms with Crippen molar-refractivity contribution in [3.8, 4) is 28.0 Å². The van der Waals surface area contributed by atoms with Crippen molar-refractivity contribution >= 4 is 0 Å². The lowest BCUT2D eigenvalue weighted by Crippen LogP contribution is -2.30. The van der Waals surface area contributed by atoms with Gasteiger partial charge in [-0.2, -0.15) is 4.39 Å². The van der Waals surface area contributed by atoms with Gasteiger partial charge in [-0.1, -0.05) is 55.5 Å². The number of benzene rings is 3. The minimum atomic E-state index is -1.01. The molecule has 0 atom stereocenters. The Balaban J connectivity index is 1.45. The van der Waals surface area contributed by atoms with E-state index in [4.69, 9.17) is 14.2 Å². The highest BCUT2D eigenvalue weighted by molar-refractivity contribution is 5.71. The van der Waals surface area contributed by atoms with Gasteiger partial charge >= 0.3 is 0 Å². The molecule has 3 nitrogen and oxygen atoms in total. The number of allylic oxidation sites excluding steroid dienone is 2. The Bertz CT molecular complexity index is 1180. The molecule has 1 saturated heterocycles. The Labute approximate surface area is 210 Å². The first-order valence-corrected chi connectivity index (χ1v) is 12.4. The lowest BCUT2D eigenvalue weighted by Gasteiger charge is -2.29. The van der Waals surface area contributed by atoms with Gasteiger partial charge in [0.1, 0.15) is 5.82 Å². The molecule has 0 bridgehead atoms. The summed E-state index contributed by atoms with van der Waals surface area (Å²) in [7, 11) is 0. The topological polar surface area (TPSA) is 27.7 Å². The average molecular weight is 497 g/mol. The lowest BCUT2D eigenvalue weighted by molar-refractivity contribution is -0.189. The molecule has 1 fully saturated rings. The summed E-state index contributed by atoms with van der Waals surface area (Å²) in [6.45, 7) is 5.15. The van der Waals surface area contributed by atoms with E-state index >= 15 is 4.39 Å². The summed E-state index contributed by atoms with van der Waals surface area (Å²) in [5.74, 6) is -2.46. The van der Waals surface area contributed by atoms with Crippen molar-refractivity contribution in [1.29, 1.82) is 0 Å². The molecule has 0 amide bonds. The molecule has 0 spiro atoms. The molecule has 0 N–H and O–H groups in total. The molecule has 4 rings (SSSR count). The number of hydrogen-bond acceptors (Lipinski definition) is 3. The molecule has 190 valence electrons. The Morgan fingerprint density at radius 3 is 2.19 bits per heavy atom. The van der Waals surface area contributed by atoms with Crippen LogP contribution in [0.15, 0.2) is 66.7 Å². The maximum absolute atomic E-state index is 15.0. The molecule has 0 unspecified atom stereocenters. The van der Waals surface area contributed by atoms with Crippen molar-refractivity contribution in [2.75, 3.05) is 19.8 Å². The summed E-state index contributed by atoms with van der Waals surface area (Å²) in [4.78, 5) is 0. The highest BCUT2D eigenvalue weighted by Crippen LogP contribution is 2.33. The number of hydrogen-bond donors (Lipinski definition) is 0. The second kappa shape index (κ2) is 12.2. The van der Waals surface area contributed by atoms with Crippen molar-refractivity contribution in [2.45, 2.75) is 45.3 Å². The quantitative estimate of drug-likeness (QED) is 0.281. The highest BCUT2D eigenvalue weighted by atomic mass is 19.2. The molecular formula is C30H31F3O3. The predicted molar refractivity (Wildman–Crippen MR) is 135 cm³/mol. The Morgan fingerprint density at radius 2 is 1.56 bits per heavy atom. The number of ether oxygens (including phenoxy) is 3. The van der Waals surface area contributed by atoms with Gasteiger partial charge < -0.3 is 14.2 Å². The zero-order valence-electron chi connectivity index (χ0n) is 20.6. The molecular weight excluding hydrogens is 465 g/mol. The smallest absolute Gasteiger partial charge is 0.201 e. The van der Waals surface area contributed by atoms with E-state index in [9.17, 15) is 8.78 Å². The summed E-state index contributed by atoms with van der Waals surface area (Å²) in [6, 6.07) is 14.8. The first kappa shape index (κ1) is 26.0. The van der Waals surface area contributed by atoms with E-state index in [0.717, 1.165) is 18.4 Å². The average Bonchev–Trinajstić information content (AvgIpc) is 2.90. The Kier molecular flexibility index (Phi) is 8.83. The van der Waals surface area contributed by atoms with Gasteiger partial charge in [0.2, 0.25) is 5.82 Å². The van der Waals surface area contributed by atoms with Crippen LogP contribution in [-0.4, -0.2) is 26.1 Å². The normalized spacial score (nSPS) is 18.0. The molecule has 3 aromatic carbocycles. The SMILES string of the molecule is C/C=C/CCC1OCC(c2ccc(-c3ccc(-c4ccc(OCCC)c(F)c4F)cc3)c(F)c2)CO1. The zero-order chi connectivity index (χ0) is 25.5. The van der Waals surface area contributed by atoms with Crippen molar-refractivity contribution < 1.29 is 27.4 Å². The fourth-order valence-corrected chi connectivity index (χ4v) is 4.23. The van der Waals surface area contributed by atoms with Crippen LogP contribution in [0, 0.1) is 17.5 Å². The van der Waals surface area contributed by atoms with Crippen molar-refractivity contribution in [1.82, 2.24) is 0 Å². The summed E-state index contributed by atoms with van der Waals surface area (Å²) >= 11 is 0. The maximum Gasteiger partial charge on any atom is 0.201 e. The molecule has 1 aliphatic rings. The molecule has 0 radical (unpaired) electrons. The summed E-state index contributed by atoms with van der Waals surface area (Å²) in [6.07, 6.45) is 6.25. The van der Waals surface area contributed by atoms with Crippen LogP contribution in [0.25, 0.3) is 22.3 Å². The summed E-state index contributed by atoms with van der Waals surface area (Å²) in [5.41, 5.74) is 2.52. The van der Waals surface area contributed by atoms with Crippen LogP contribution in [-0.2, 0) is 9.47 Å². The third-order valence-electron chi connectivity index (χ3n) is 6.25. The van der Waals surface area contributed by atoms with Gasteiger partial charge in [0.15, 0.2) is 17.9 Å². The van der Waals surface area contributed by atoms with Gasteiger partial charge in [0.25, 0.3) is 0 Å². The third-order valence-corrected chi connectivity index (χ3v) is 6.25. The van der Waals surface area contributed by atoms with Crippen molar-refractivity contribution in [2.24, 2.45) is 0 Å². The van der Waals surface area contributed by atoms with Gasteiger partial charge in [-0.15, -0.1) is 0 Å². The Morgan fingerprint density at radius 1 is 0.889 bits per heavy atom. The minimum Gasteiger partial charge on any atom is -0.490 e. The summed E-state index contributed by atoms with van der Waals surface area (Å²) < 4.78 is 60.9. The van der Waals surface area contributed by atoms with Crippen LogP contribution in [0.4, 0.5) is 13.2 Å². The van der Waals surface area contributed by atoms with E-state index in [1.807, 2.05) is 26.0 Å². The van der Waals surface area contributed by atoms with Gasteiger partial charge in [-0.3, -0.25) is 0 Å². The second-order valence-corrected chi connectivity index (χ2v) is 8.84. The standard InChI is InChI=1S/C30H31F3O3/c1-3-5-6-7-28-35-18-23(19-36-28)22-12-13-24(26(31)17-22)20-8-10-21(11-9-20)25-14-15-27(34-16-4-2)30(33)29(25)32/h3,5,8-15,17,23,28H,4,6-7,16,18-19H2,1-2H3/b5-3+. The van der Waals surface area contributed by atoms with E-state index in [-0.39, 0.29) is 29.3 Å². The van der Waals surface area contributed by atoms with E-state index in [2.05, 4.69) is 6.08 Å². The van der Waals surface area contributed by atoms with E-state index in [1.165, 1.54) is 18.2 Å². The van der Waals surface area contributed by atoms with Crippen LogP contribution in [0.3, 0.4) is 0 Å². The largest absolute Gasteiger partial charge is 0.490 e. The van der Waals surface area contributed by atoms with E-state index in [1.54, 1.807) is 30.3 Å². The first-order chi connectivity index (χ1) is 17.5. The van der Waals surface area contributed by atoms with Gasteiger partial charge in [0.05, 0.1) is 19.8 Å². The monoisotopic (exact) mass is 496 g/mol. The fraction of sp³-hybridized carbons (Fsp3) is 0.333. The van der Waals surface area contributed by atoms with Gasteiger partial charge in [-0.05, 0) is 54.7 Å². The molecule has 0 aliphatic carbocycles. The molecule has 0 saturated carbocycles. The molecule has 0 aromatic heterocycles. The zero-order valence-corrected chi connectivity index (χ0v) is 20.6. The highest BCUT2D eigenvalue weighted by Gasteiger charge is 2.24. The van der Waals surface area contributed by atoms with Crippen LogP contribution >= 0.6 is 0 Å². The molecule has 6 heteroatoms. The lowest BCUT2D eigenvalue weighted by atomic mass is 9.95. The maximum atomic E-state index is 15.0. The van der Waals surface area contributed by atoms with Crippen molar-refractivity contribution in [3.63, 3.8) is 0 Å². The van der Waals surface area contributed by atoms with Gasteiger partial charge in [0, 0.05) is 23.5 Å². The van der Waals surface area contributed by atoms with Crippen molar-refractivity contribution in [3.05, 3.63) is 89.8 Å². The van der Waals surface area contributed by atoms with E-state index in [0.29, 0.717) is 42.9 Å². The van der Waals surface area contributed by atoms with Gasteiger partial charge in [-0.25, -0.2) is 8.78 Å². The molecule has 3 aromatic rings. The Hall–Kier alpha value is -3.09. The fourth-order valence-electron chi connectivity index (χ4n) is 4.23. The van der Waals surface area contributed by atoms with Crippen LogP contribution in [0.2, 0.25) is 0 Å². The number of halogens is 3.